The van der Waals surface area contributed by atoms with Crippen molar-refractivity contribution in [3.05, 3.63) is 53.4 Å². The molecule has 6 unspecified atom stereocenters. The maximum absolute atomic E-state index is 13.2. The molecule has 2 aliphatic rings. The lowest BCUT2D eigenvalue weighted by Crippen LogP contribution is -2.27. The van der Waals surface area contributed by atoms with Gasteiger partial charge in [-0.25, -0.2) is 19.2 Å². The van der Waals surface area contributed by atoms with E-state index < -0.39 is 46.5 Å². The van der Waals surface area contributed by atoms with Gasteiger partial charge in [-0.15, -0.1) is 0 Å². The van der Waals surface area contributed by atoms with E-state index in [-0.39, 0.29) is 55.2 Å². The first-order chi connectivity index (χ1) is 22.7. The molecular formula is C34H36Cl6O8. The minimum absolute atomic E-state index is 0.111. The molecule has 4 rings (SSSR count). The van der Waals surface area contributed by atoms with Gasteiger partial charge in [-0.05, 0) is 60.5 Å². The summed E-state index contributed by atoms with van der Waals surface area (Å²) in [4.78, 5) is 52.4. The van der Waals surface area contributed by atoms with Crippen molar-refractivity contribution in [1.82, 2.24) is 0 Å². The number of hydrogen-bond acceptors (Lipinski definition) is 8. The van der Waals surface area contributed by atoms with Crippen molar-refractivity contribution in [2.24, 2.45) is 35.5 Å². The topological polar surface area (TPSA) is 105 Å². The quantitative estimate of drug-likeness (QED) is 0.0807. The zero-order valence-electron chi connectivity index (χ0n) is 26.8. The average Bonchev–Trinajstić information content (AvgIpc) is 3.96. The van der Waals surface area contributed by atoms with Crippen molar-refractivity contribution in [1.29, 1.82) is 0 Å². The lowest BCUT2D eigenvalue weighted by molar-refractivity contribution is -0.156. The Balaban J connectivity index is 1.48. The van der Waals surface area contributed by atoms with E-state index in [1.54, 1.807) is 0 Å². The fraction of sp³-hybridized carbons (Fsp3) is 0.529. The Bertz CT molecular complexity index is 1460. The molecule has 6 atom stereocenters. The molecule has 0 bridgehead atoms. The van der Waals surface area contributed by atoms with E-state index in [4.69, 9.17) is 88.6 Å². The van der Waals surface area contributed by atoms with Crippen LogP contribution in [0.1, 0.15) is 86.9 Å². The van der Waals surface area contributed by atoms with Crippen LogP contribution in [0.3, 0.4) is 0 Å². The molecule has 262 valence electrons. The van der Waals surface area contributed by atoms with Crippen molar-refractivity contribution < 1.29 is 38.1 Å². The van der Waals surface area contributed by atoms with Gasteiger partial charge in [-0.3, -0.25) is 0 Å². The van der Waals surface area contributed by atoms with Crippen LogP contribution in [0.4, 0.5) is 0 Å². The van der Waals surface area contributed by atoms with Crippen molar-refractivity contribution in [2.75, 3.05) is 13.2 Å². The van der Waals surface area contributed by atoms with E-state index in [1.807, 2.05) is 0 Å². The number of carbonyl (C=O) groups excluding carboxylic acids is 4. The first-order valence-corrected chi connectivity index (χ1v) is 18.1. The average molecular weight is 785 g/mol. The Kier molecular flexibility index (Phi) is 13.6. The lowest BCUT2D eigenvalue weighted by Gasteiger charge is -2.16. The van der Waals surface area contributed by atoms with Gasteiger partial charge in [0.05, 0.1) is 43.3 Å². The summed E-state index contributed by atoms with van der Waals surface area (Å²) < 4.78 is 21.4. The zero-order valence-corrected chi connectivity index (χ0v) is 31.3. The van der Waals surface area contributed by atoms with Crippen LogP contribution in [-0.2, 0) is 19.1 Å². The van der Waals surface area contributed by atoms with Crippen LogP contribution < -0.4 is 9.47 Å². The zero-order chi connectivity index (χ0) is 35.4. The summed E-state index contributed by atoms with van der Waals surface area (Å²) >= 11 is 37.5. The summed E-state index contributed by atoms with van der Waals surface area (Å²) in [6.45, 7) is 8.78. The second kappa shape index (κ2) is 16.8. The Morgan fingerprint density at radius 1 is 0.646 bits per heavy atom. The highest BCUT2D eigenvalue weighted by molar-refractivity contribution is 6.47. The number of rotatable bonds is 14. The van der Waals surface area contributed by atoms with Gasteiger partial charge in [0.15, 0.2) is 11.5 Å². The summed E-state index contributed by atoms with van der Waals surface area (Å²) in [6.07, 6.45) is 6.07. The fourth-order valence-corrected chi connectivity index (χ4v) is 7.60. The largest absolute Gasteiger partial charge is 0.462 e. The van der Waals surface area contributed by atoms with Crippen molar-refractivity contribution in [3.63, 3.8) is 0 Å². The summed E-state index contributed by atoms with van der Waals surface area (Å²) in [5, 5.41) is -1.43. The maximum atomic E-state index is 13.2. The molecule has 0 amide bonds. The number of carbonyl (C=O) groups is 4. The number of halogens is 6. The van der Waals surface area contributed by atoms with E-state index in [0.717, 1.165) is 50.7 Å². The molecule has 2 aromatic carbocycles. The Hall–Kier alpha value is -1.94. The third-order valence-electron chi connectivity index (χ3n) is 8.98. The number of esters is 4. The molecule has 2 saturated carbocycles. The molecule has 2 aromatic rings. The number of ether oxygens (including phenoxy) is 4. The van der Waals surface area contributed by atoms with Crippen LogP contribution >= 0.6 is 69.6 Å². The SMILES string of the molecule is CCCC(C)C1CC1COC(=O)c1c(Cl)c(Cl)cc(Cl)c1OC(=O)C(=O)Oc1c(Cl)cc(Cl)c(Cl)c1C(=O)OCC1CC1C(C)CCC. The first-order valence-electron chi connectivity index (χ1n) is 15.8. The van der Waals surface area contributed by atoms with Gasteiger partial charge in [0.1, 0.15) is 11.1 Å². The predicted molar refractivity (Wildman–Crippen MR) is 186 cm³/mol. The summed E-state index contributed by atoms with van der Waals surface area (Å²) in [5.74, 6) is -4.11. The normalized spacial score (nSPS) is 20.8. The number of hydrogen-bond donors (Lipinski definition) is 0. The third-order valence-corrected chi connectivity index (χ3v) is 11.1. The molecule has 0 heterocycles. The monoisotopic (exact) mass is 782 g/mol. The van der Waals surface area contributed by atoms with Crippen molar-refractivity contribution >= 4 is 93.5 Å². The molecular weight excluding hydrogens is 749 g/mol. The van der Waals surface area contributed by atoms with E-state index in [1.165, 1.54) is 0 Å². The molecule has 0 aliphatic heterocycles. The molecule has 48 heavy (non-hydrogen) atoms. The van der Waals surface area contributed by atoms with Gasteiger partial charge < -0.3 is 18.9 Å². The molecule has 14 heteroatoms. The van der Waals surface area contributed by atoms with Crippen LogP contribution in [0.2, 0.25) is 30.1 Å². The Labute approximate surface area is 309 Å². The van der Waals surface area contributed by atoms with E-state index in [9.17, 15) is 19.2 Å². The fourth-order valence-electron chi connectivity index (χ4n) is 6.16. The Morgan fingerprint density at radius 3 is 1.33 bits per heavy atom. The van der Waals surface area contributed by atoms with Crippen LogP contribution in [0.25, 0.3) is 0 Å². The first kappa shape index (κ1) is 38.9. The van der Waals surface area contributed by atoms with Gasteiger partial charge >= 0.3 is 23.9 Å². The van der Waals surface area contributed by atoms with Gasteiger partial charge in [0, 0.05) is 0 Å². The molecule has 0 radical (unpaired) electrons. The molecule has 0 aromatic heterocycles. The highest BCUT2D eigenvalue weighted by Crippen LogP contribution is 2.48. The van der Waals surface area contributed by atoms with Gasteiger partial charge in [-0.1, -0.05) is 123 Å². The summed E-state index contributed by atoms with van der Waals surface area (Å²) in [5.41, 5.74) is -0.893. The van der Waals surface area contributed by atoms with Gasteiger partial charge in [0.25, 0.3) is 0 Å². The lowest BCUT2D eigenvalue weighted by atomic mass is 9.99. The molecule has 0 saturated heterocycles. The maximum Gasteiger partial charge on any atom is 0.423 e. The minimum Gasteiger partial charge on any atom is -0.462 e. The number of benzene rings is 2. The molecule has 2 fully saturated rings. The molecule has 0 spiro atoms. The van der Waals surface area contributed by atoms with Crippen LogP contribution in [0, 0.1) is 35.5 Å². The molecule has 0 N–H and O–H groups in total. The van der Waals surface area contributed by atoms with Gasteiger partial charge in [-0.2, -0.15) is 0 Å². The third kappa shape index (κ3) is 9.23. The minimum atomic E-state index is -1.63. The molecule has 8 nitrogen and oxygen atoms in total. The van der Waals surface area contributed by atoms with E-state index in [2.05, 4.69) is 27.7 Å². The summed E-state index contributed by atoms with van der Waals surface area (Å²) in [6, 6.07) is 2.27. The Morgan fingerprint density at radius 2 is 1.00 bits per heavy atom. The summed E-state index contributed by atoms with van der Waals surface area (Å²) in [7, 11) is 0. The smallest absolute Gasteiger partial charge is 0.423 e. The molecule has 2 aliphatic carbocycles. The van der Waals surface area contributed by atoms with Crippen molar-refractivity contribution in [2.45, 2.75) is 66.2 Å². The van der Waals surface area contributed by atoms with Gasteiger partial charge in [0.2, 0.25) is 0 Å². The van der Waals surface area contributed by atoms with E-state index in [0.29, 0.717) is 23.7 Å². The van der Waals surface area contributed by atoms with Crippen LogP contribution in [-0.4, -0.2) is 37.1 Å². The van der Waals surface area contributed by atoms with E-state index >= 15 is 0 Å². The van der Waals surface area contributed by atoms with Crippen molar-refractivity contribution in [3.8, 4) is 11.5 Å². The predicted octanol–water partition coefficient (Wildman–Crippen LogP) is 10.6. The standard InChI is InChI=1S/C34H36Cl6O8/c1-5-7-15(3)19-9-17(19)13-45-31(41)25-27(39)21(35)11-23(37)29(25)47-33(43)34(44)48-30-24(38)12-22(36)28(40)26(30)32(42)46-14-18-10-20(18)16(4)8-6-2/h11-12,15-20H,5-10,13-14H2,1-4H3. The van der Waals surface area contributed by atoms with Crippen LogP contribution in [0.15, 0.2) is 12.1 Å². The highest BCUT2D eigenvalue weighted by atomic mass is 35.5. The second-order valence-electron chi connectivity index (χ2n) is 12.5. The van der Waals surface area contributed by atoms with Crippen LogP contribution in [0.5, 0.6) is 11.5 Å². The highest BCUT2D eigenvalue weighted by Gasteiger charge is 2.43. The second-order valence-corrected chi connectivity index (χ2v) is 14.9.